The molecule has 2 rings (SSSR count). The molecule has 0 aromatic heterocycles. The lowest BCUT2D eigenvalue weighted by Crippen LogP contribution is -1.91. The molecule has 0 atom stereocenters. The van der Waals surface area contributed by atoms with Gasteiger partial charge in [-0.1, -0.05) is 18.2 Å². The van der Waals surface area contributed by atoms with Gasteiger partial charge in [-0.05, 0) is 23.8 Å². The Morgan fingerprint density at radius 1 is 0.650 bits per heavy atom. The summed E-state index contributed by atoms with van der Waals surface area (Å²) in [4.78, 5) is 0. The average molecular weight is 254 g/mol. The zero-order valence-electron chi connectivity index (χ0n) is 10.3. The van der Waals surface area contributed by atoms with Gasteiger partial charge in [0.05, 0.1) is 22.3 Å². The average Bonchev–Trinajstić information content (AvgIpc) is 2.53. The van der Waals surface area contributed by atoms with E-state index in [-0.39, 0.29) is 22.3 Å². The summed E-state index contributed by atoms with van der Waals surface area (Å²) in [6.07, 6.45) is 0. The van der Waals surface area contributed by atoms with Crippen molar-refractivity contribution in [2.24, 2.45) is 0 Å². The van der Waals surface area contributed by atoms with Crippen molar-refractivity contribution in [2.75, 3.05) is 0 Å². The minimum absolute atomic E-state index is 0.247. The lowest BCUT2D eigenvalue weighted by molar-refractivity contribution is 1.41. The molecule has 0 spiro atoms. The van der Waals surface area contributed by atoms with Gasteiger partial charge in [-0.3, -0.25) is 0 Å². The number of nitrogens with zero attached hydrogens (tertiary/aromatic N) is 4. The molecule has 0 aliphatic rings. The summed E-state index contributed by atoms with van der Waals surface area (Å²) in [6, 6.07) is 17.6. The van der Waals surface area contributed by atoms with Crippen molar-refractivity contribution in [2.45, 2.75) is 0 Å². The van der Waals surface area contributed by atoms with Crippen LogP contribution in [0.1, 0.15) is 22.3 Å². The minimum atomic E-state index is 0.247. The highest BCUT2D eigenvalue weighted by Crippen LogP contribution is 2.27. The van der Waals surface area contributed by atoms with E-state index >= 15 is 0 Å². The van der Waals surface area contributed by atoms with E-state index in [9.17, 15) is 5.26 Å². The van der Waals surface area contributed by atoms with E-state index in [2.05, 4.69) is 0 Å². The first-order valence-corrected chi connectivity index (χ1v) is 5.63. The largest absolute Gasteiger partial charge is 0.192 e. The van der Waals surface area contributed by atoms with Crippen LogP contribution >= 0.6 is 0 Å². The zero-order valence-corrected chi connectivity index (χ0v) is 10.3. The maximum Gasteiger partial charge on any atom is 0.101 e. The van der Waals surface area contributed by atoms with Gasteiger partial charge in [-0.15, -0.1) is 0 Å². The SMILES string of the molecule is N#Cc1ccc(-c2cccc(C#N)c2C#N)cc1C#N. The van der Waals surface area contributed by atoms with E-state index in [0.29, 0.717) is 11.1 Å². The molecule has 0 bridgehead atoms. The van der Waals surface area contributed by atoms with Gasteiger partial charge in [0, 0.05) is 5.56 Å². The number of hydrogen-bond acceptors (Lipinski definition) is 4. The molecule has 0 aliphatic carbocycles. The van der Waals surface area contributed by atoms with Crippen LogP contribution in [0.15, 0.2) is 36.4 Å². The van der Waals surface area contributed by atoms with Crippen LogP contribution in [0.3, 0.4) is 0 Å². The molecule has 90 valence electrons. The third-order valence-electron chi connectivity index (χ3n) is 2.87. The third-order valence-corrected chi connectivity index (χ3v) is 2.87. The Bertz CT molecular complexity index is 852. The van der Waals surface area contributed by atoms with Gasteiger partial charge >= 0.3 is 0 Å². The van der Waals surface area contributed by atoms with Crippen LogP contribution in [0, 0.1) is 45.3 Å². The summed E-state index contributed by atoms with van der Waals surface area (Å²) in [5.41, 5.74) is 2.29. The molecule has 4 nitrogen and oxygen atoms in total. The molecule has 0 amide bonds. The summed E-state index contributed by atoms with van der Waals surface area (Å²) in [7, 11) is 0. The predicted octanol–water partition coefficient (Wildman–Crippen LogP) is 2.84. The van der Waals surface area contributed by atoms with Crippen LogP contribution in [-0.4, -0.2) is 0 Å². The highest BCUT2D eigenvalue weighted by atomic mass is 14.3. The molecule has 0 saturated heterocycles. The summed E-state index contributed by atoms with van der Waals surface area (Å²) < 4.78 is 0. The molecular weight excluding hydrogens is 248 g/mol. The first-order chi connectivity index (χ1) is 9.74. The van der Waals surface area contributed by atoms with Gasteiger partial charge in [0.2, 0.25) is 0 Å². The summed E-state index contributed by atoms with van der Waals surface area (Å²) in [5, 5.41) is 36.1. The minimum Gasteiger partial charge on any atom is -0.192 e. The summed E-state index contributed by atoms with van der Waals surface area (Å²) in [6.45, 7) is 0. The van der Waals surface area contributed by atoms with Crippen LogP contribution in [0.25, 0.3) is 11.1 Å². The van der Waals surface area contributed by atoms with Gasteiger partial charge in [-0.2, -0.15) is 21.0 Å². The van der Waals surface area contributed by atoms with Gasteiger partial charge < -0.3 is 0 Å². The molecule has 0 aliphatic heterocycles. The molecule has 0 N–H and O–H groups in total. The van der Waals surface area contributed by atoms with E-state index < -0.39 is 0 Å². The van der Waals surface area contributed by atoms with Crippen molar-refractivity contribution in [1.29, 1.82) is 21.0 Å². The second-order valence-electron chi connectivity index (χ2n) is 3.94. The third kappa shape index (κ3) is 2.06. The normalized spacial score (nSPS) is 8.80. The van der Waals surface area contributed by atoms with Crippen LogP contribution < -0.4 is 0 Å². The molecule has 0 radical (unpaired) electrons. The maximum absolute atomic E-state index is 9.20. The molecule has 0 unspecified atom stereocenters. The second kappa shape index (κ2) is 5.36. The lowest BCUT2D eigenvalue weighted by Gasteiger charge is -2.06. The second-order valence-corrected chi connectivity index (χ2v) is 3.94. The Kier molecular flexibility index (Phi) is 3.45. The molecule has 0 fully saturated rings. The van der Waals surface area contributed by atoms with E-state index in [0.717, 1.165) is 0 Å². The fourth-order valence-corrected chi connectivity index (χ4v) is 1.91. The Balaban J connectivity index is 2.72. The molecule has 2 aromatic carbocycles. The summed E-state index contributed by atoms with van der Waals surface area (Å²) in [5.74, 6) is 0. The Morgan fingerprint density at radius 3 is 1.95 bits per heavy atom. The fourth-order valence-electron chi connectivity index (χ4n) is 1.91. The smallest absolute Gasteiger partial charge is 0.101 e. The number of nitriles is 4. The van der Waals surface area contributed by atoms with Crippen molar-refractivity contribution in [3.8, 4) is 35.4 Å². The van der Waals surface area contributed by atoms with Crippen LogP contribution in [0.2, 0.25) is 0 Å². The van der Waals surface area contributed by atoms with Gasteiger partial charge in [0.1, 0.15) is 24.3 Å². The first kappa shape index (κ1) is 12.8. The van der Waals surface area contributed by atoms with E-state index in [1.807, 2.05) is 24.3 Å². The van der Waals surface area contributed by atoms with E-state index in [4.69, 9.17) is 15.8 Å². The van der Waals surface area contributed by atoms with Gasteiger partial charge in [0.25, 0.3) is 0 Å². The lowest BCUT2D eigenvalue weighted by atomic mass is 9.94. The Morgan fingerprint density at radius 2 is 1.35 bits per heavy atom. The van der Waals surface area contributed by atoms with Crippen LogP contribution in [0.4, 0.5) is 0 Å². The predicted molar refractivity (Wildman–Crippen MR) is 70.7 cm³/mol. The van der Waals surface area contributed by atoms with Crippen LogP contribution in [0.5, 0.6) is 0 Å². The van der Waals surface area contributed by atoms with Crippen molar-refractivity contribution in [1.82, 2.24) is 0 Å². The van der Waals surface area contributed by atoms with E-state index in [1.165, 1.54) is 6.07 Å². The first-order valence-electron chi connectivity index (χ1n) is 5.63. The fraction of sp³-hybridized carbons (Fsp3) is 0. The van der Waals surface area contributed by atoms with E-state index in [1.54, 1.807) is 30.3 Å². The molecule has 20 heavy (non-hydrogen) atoms. The number of rotatable bonds is 1. The molecule has 0 heterocycles. The molecule has 0 saturated carbocycles. The van der Waals surface area contributed by atoms with Gasteiger partial charge in [0.15, 0.2) is 0 Å². The van der Waals surface area contributed by atoms with Crippen molar-refractivity contribution < 1.29 is 0 Å². The Hall–Kier alpha value is -3.60. The maximum atomic E-state index is 9.20. The molecular formula is C16H6N4. The molecule has 4 heteroatoms. The highest BCUT2D eigenvalue weighted by molar-refractivity contribution is 5.75. The van der Waals surface area contributed by atoms with Gasteiger partial charge in [-0.25, -0.2) is 0 Å². The molecule has 2 aromatic rings. The topological polar surface area (TPSA) is 95.2 Å². The van der Waals surface area contributed by atoms with Crippen LogP contribution in [-0.2, 0) is 0 Å². The number of hydrogen-bond donors (Lipinski definition) is 0. The van der Waals surface area contributed by atoms with Crippen molar-refractivity contribution >= 4 is 0 Å². The zero-order chi connectivity index (χ0) is 14.5. The van der Waals surface area contributed by atoms with Crippen molar-refractivity contribution in [3.63, 3.8) is 0 Å². The van der Waals surface area contributed by atoms with Crippen molar-refractivity contribution in [3.05, 3.63) is 58.7 Å². The Labute approximate surface area is 116 Å². The number of benzene rings is 2. The quantitative estimate of drug-likeness (QED) is 0.781. The summed E-state index contributed by atoms with van der Waals surface area (Å²) >= 11 is 0. The standard InChI is InChI=1S/C16H6N4/c17-7-12-5-4-11(6-14(12)9-19)15-3-1-2-13(8-18)16(15)10-20/h1-6H. The monoisotopic (exact) mass is 254 g/mol. The highest BCUT2D eigenvalue weighted by Gasteiger charge is 2.11.